The Labute approximate surface area is 167 Å². The Bertz CT molecular complexity index is 953. The van der Waals surface area contributed by atoms with Gasteiger partial charge in [0.25, 0.3) is 11.8 Å². The Hall–Kier alpha value is -3.25. The van der Waals surface area contributed by atoms with Crippen LogP contribution >= 0.6 is 11.6 Å². The molecule has 3 rings (SSSR count). The SMILES string of the molecule is Cc1cc(OCC(=O)NCc2ccc(NC(=O)c3ccco3)cc2)ccc1Cl. The van der Waals surface area contributed by atoms with Crippen molar-refractivity contribution in [2.75, 3.05) is 11.9 Å². The molecule has 144 valence electrons. The fraction of sp³-hybridized carbons (Fsp3) is 0.143. The van der Waals surface area contributed by atoms with Crippen molar-refractivity contribution in [3.63, 3.8) is 0 Å². The summed E-state index contributed by atoms with van der Waals surface area (Å²) in [7, 11) is 0. The van der Waals surface area contributed by atoms with E-state index in [4.69, 9.17) is 20.8 Å². The van der Waals surface area contributed by atoms with E-state index in [-0.39, 0.29) is 24.2 Å². The largest absolute Gasteiger partial charge is 0.484 e. The van der Waals surface area contributed by atoms with Crippen molar-refractivity contribution in [1.82, 2.24) is 5.32 Å². The number of rotatable bonds is 7. The van der Waals surface area contributed by atoms with E-state index in [2.05, 4.69) is 10.6 Å². The predicted octanol–water partition coefficient (Wildman–Crippen LogP) is 4.19. The standard InChI is InChI=1S/C21H19ClN2O4/c1-14-11-17(8-9-18(14)22)28-13-20(25)23-12-15-4-6-16(7-5-15)24-21(26)19-3-2-10-27-19/h2-11H,12-13H2,1H3,(H,23,25)(H,24,26). The molecule has 1 heterocycles. The minimum absolute atomic E-state index is 0.0850. The zero-order valence-corrected chi connectivity index (χ0v) is 16.0. The van der Waals surface area contributed by atoms with Gasteiger partial charge >= 0.3 is 0 Å². The fourth-order valence-corrected chi connectivity index (χ4v) is 2.53. The molecule has 0 saturated carbocycles. The van der Waals surface area contributed by atoms with Gasteiger partial charge in [0.2, 0.25) is 0 Å². The molecule has 0 spiro atoms. The van der Waals surface area contributed by atoms with Crippen LogP contribution < -0.4 is 15.4 Å². The van der Waals surface area contributed by atoms with E-state index in [9.17, 15) is 9.59 Å². The van der Waals surface area contributed by atoms with Gasteiger partial charge in [-0.15, -0.1) is 0 Å². The lowest BCUT2D eigenvalue weighted by atomic mass is 10.2. The van der Waals surface area contributed by atoms with Gasteiger partial charge in [-0.3, -0.25) is 9.59 Å². The van der Waals surface area contributed by atoms with Crippen LogP contribution in [0.3, 0.4) is 0 Å². The summed E-state index contributed by atoms with van der Waals surface area (Å²) in [5, 5.41) is 6.17. The minimum atomic E-state index is -0.319. The lowest BCUT2D eigenvalue weighted by Crippen LogP contribution is -2.28. The summed E-state index contributed by atoms with van der Waals surface area (Å²) in [5.41, 5.74) is 2.42. The number of benzene rings is 2. The number of halogens is 1. The Balaban J connectivity index is 1.44. The van der Waals surface area contributed by atoms with E-state index in [0.717, 1.165) is 11.1 Å². The zero-order chi connectivity index (χ0) is 19.9. The van der Waals surface area contributed by atoms with Gasteiger partial charge in [0.1, 0.15) is 5.75 Å². The second kappa shape index (κ2) is 9.10. The van der Waals surface area contributed by atoms with Crippen LogP contribution in [-0.2, 0) is 11.3 Å². The van der Waals surface area contributed by atoms with E-state index < -0.39 is 0 Å². The summed E-state index contributed by atoms with van der Waals surface area (Å²) in [6.45, 7) is 2.14. The number of nitrogens with one attached hydrogen (secondary N) is 2. The molecule has 7 heteroatoms. The van der Waals surface area contributed by atoms with Crippen molar-refractivity contribution >= 4 is 29.1 Å². The van der Waals surface area contributed by atoms with Crippen molar-refractivity contribution in [3.05, 3.63) is 82.8 Å². The molecule has 0 unspecified atom stereocenters. The highest BCUT2D eigenvalue weighted by Crippen LogP contribution is 2.20. The highest BCUT2D eigenvalue weighted by molar-refractivity contribution is 6.31. The van der Waals surface area contributed by atoms with Gasteiger partial charge in [0.05, 0.1) is 6.26 Å². The summed E-state index contributed by atoms with van der Waals surface area (Å²) >= 11 is 5.96. The molecule has 0 radical (unpaired) electrons. The Morgan fingerprint density at radius 1 is 1.11 bits per heavy atom. The number of carbonyl (C=O) groups excluding carboxylic acids is 2. The topological polar surface area (TPSA) is 80.6 Å². The monoisotopic (exact) mass is 398 g/mol. The first-order valence-electron chi connectivity index (χ1n) is 8.61. The van der Waals surface area contributed by atoms with E-state index >= 15 is 0 Å². The number of hydrogen-bond acceptors (Lipinski definition) is 4. The number of ether oxygens (including phenoxy) is 1. The molecule has 2 amide bonds. The highest BCUT2D eigenvalue weighted by Gasteiger charge is 2.09. The van der Waals surface area contributed by atoms with Crippen LogP contribution in [-0.4, -0.2) is 18.4 Å². The maximum atomic E-state index is 12.0. The van der Waals surface area contributed by atoms with E-state index in [1.807, 2.05) is 19.1 Å². The van der Waals surface area contributed by atoms with Crippen LogP contribution in [0.25, 0.3) is 0 Å². The van der Waals surface area contributed by atoms with Crippen LogP contribution in [0.2, 0.25) is 5.02 Å². The summed E-state index contributed by atoms with van der Waals surface area (Å²) in [4.78, 5) is 23.9. The summed E-state index contributed by atoms with van der Waals surface area (Å²) in [6, 6.07) is 15.6. The summed E-state index contributed by atoms with van der Waals surface area (Å²) in [5.74, 6) is 0.282. The third-order valence-corrected chi connectivity index (χ3v) is 4.37. The number of hydrogen-bond donors (Lipinski definition) is 2. The molecule has 0 atom stereocenters. The Morgan fingerprint density at radius 3 is 2.57 bits per heavy atom. The number of anilines is 1. The molecule has 28 heavy (non-hydrogen) atoms. The second-order valence-electron chi connectivity index (χ2n) is 6.10. The van der Waals surface area contributed by atoms with Crippen LogP contribution in [0, 0.1) is 6.92 Å². The van der Waals surface area contributed by atoms with Gasteiger partial charge in [-0.25, -0.2) is 0 Å². The molecule has 2 aromatic carbocycles. The molecule has 2 N–H and O–H groups in total. The molecule has 0 saturated heterocycles. The van der Waals surface area contributed by atoms with E-state index in [0.29, 0.717) is 23.0 Å². The van der Waals surface area contributed by atoms with Gasteiger partial charge in [-0.05, 0) is 60.5 Å². The van der Waals surface area contributed by atoms with E-state index in [1.165, 1.54) is 6.26 Å². The lowest BCUT2D eigenvalue weighted by Gasteiger charge is -2.09. The van der Waals surface area contributed by atoms with Gasteiger partial charge in [-0.1, -0.05) is 23.7 Å². The van der Waals surface area contributed by atoms with Crippen molar-refractivity contribution in [1.29, 1.82) is 0 Å². The molecule has 0 bridgehead atoms. The first-order valence-corrected chi connectivity index (χ1v) is 8.98. The van der Waals surface area contributed by atoms with Crippen molar-refractivity contribution in [2.45, 2.75) is 13.5 Å². The first-order chi connectivity index (χ1) is 13.5. The summed E-state index contributed by atoms with van der Waals surface area (Å²) < 4.78 is 10.5. The third kappa shape index (κ3) is 5.37. The quantitative estimate of drug-likeness (QED) is 0.625. The maximum Gasteiger partial charge on any atom is 0.291 e. The molecule has 0 fully saturated rings. The molecular weight excluding hydrogens is 380 g/mol. The normalized spacial score (nSPS) is 10.4. The number of furan rings is 1. The Morgan fingerprint density at radius 2 is 1.89 bits per heavy atom. The minimum Gasteiger partial charge on any atom is -0.484 e. The first kappa shape index (κ1) is 19.5. The highest BCUT2D eigenvalue weighted by atomic mass is 35.5. The van der Waals surface area contributed by atoms with Crippen LogP contribution in [0.1, 0.15) is 21.7 Å². The predicted molar refractivity (Wildman–Crippen MR) is 107 cm³/mol. The molecule has 6 nitrogen and oxygen atoms in total. The number of amides is 2. The van der Waals surface area contributed by atoms with Crippen LogP contribution in [0.4, 0.5) is 5.69 Å². The Kier molecular flexibility index (Phi) is 6.34. The van der Waals surface area contributed by atoms with Gasteiger partial charge in [-0.2, -0.15) is 0 Å². The summed E-state index contributed by atoms with van der Waals surface area (Å²) in [6.07, 6.45) is 1.44. The van der Waals surface area contributed by atoms with Crippen molar-refractivity contribution in [3.8, 4) is 5.75 Å². The van der Waals surface area contributed by atoms with Gasteiger partial charge < -0.3 is 19.8 Å². The maximum absolute atomic E-state index is 12.0. The number of carbonyl (C=O) groups is 2. The fourth-order valence-electron chi connectivity index (χ4n) is 2.41. The van der Waals surface area contributed by atoms with Crippen LogP contribution in [0.5, 0.6) is 5.75 Å². The third-order valence-electron chi connectivity index (χ3n) is 3.95. The van der Waals surface area contributed by atoms with Gasteiger partial charge in [0, 0.05) is 17.3 Å². The molecule has 0 aliphatic carbocycles. The number of aryl methyl sites for hydroxylation is 1. The molecule has 0 aliphatic heterocycles. The van der Waals surface area contributed by atoms with Crippen molar-refractivity contribution < 1.29 is 18.7 Å². The van der Waals surface area contributed by atoms with Crippen molar-refractivity contribution in [2.24, 2.45) is 0 Å². The second-order valence-corrected chi connectivity index (χ2v) is 6.51. The van der Waals surface area contributed by atoms with E-state index in [1.54, 1.807) is 42.5 Å². The molecular formula is C21H19ClN2O4. The average molecular weight is 399 g/mol. The molecule has 3 aromatic rings. The van der Waals surface area contributed by atoms with Gasteiger partial charge in [0.15, 0.2) is 12.4 Å². The smallest absolute Gasteiger partial charge is 0.291 e. The average Bonchev–Trinajstić information content (AvgIpc) is 3.23. The molecule has 0 aliphatic rings. The lowest BCUT2D eigenvalue weighted by molar-refractivity contribution is -0.123. The zero-order valence-electron chi connectivity index (χ0n) is 15.2. The molecule has 1 aromatic heterocycles. The van der Waals surface area contributed by atoms with Crippen LogP contribution in [0.15, 0.2) is 65.3 Å².